The molecule has 2 aromatic rings. The van der Waals surface area contributed by atoms with Crippen molar-refractivity contribution >= 4 is 0 Å². The first-order valence-electron chi connectivity index (χ1n) is 6.31. The zero-order valence-corrected chi connectivity index (χ0v) is 11.5. The Morgan fingerprint density at radius 3 is 1.78 bits per heavy atom. The van der Waals surface area contributed by atoms with Crippen LogP contribution >= 0.6 is 0 Å². The van der Waals surface area contributed by atoms with Crippen LogP contribution in [0.5, 0.6) is 0 Å². The van der Waals surface area contributed by atoms with Gasteiger partial charge in [0.2, 0.25) is 0 Å². The molecule has 0 spiro atoms. The van der Waals surface area contributed by atoms with Crippen LogP contribution in [0.3, 0.4) is 0 Å². The smallest absolute Gasteiger partial charge is 0.105 e. The first kappa shape index (κ1) is 12.8. The predicted molar refractivity (Wildman–Crippen MR) is 75.9 cm³/mol. The molecule has 1 heteroatoms. The lowest BCUT2D eigenvalue weighted by Crippen LogP contribution is -2.05. The Morgan fingerprint density at radius 2 is 1.28 bits per heavy atom. The maximum atomic E-state index is 10.5. The average molecular weight is 240 g/mol. The van der Waals surface area contributed by atoms with E-state index in [-0.39, 0.29) is 0 Å². The zero-order chi connectivity index (χ0) is 13.3. The van der Waals surface area contributed by atoms with Crippen LogP contribution in [0, 0.1) is 27.7 Å². The molecular formula is C17H20O. The van der Waals surface area contributed by atoms with Gasteiger partial charge in [-0.05, 0) is 49.9 Å². The van der Waals surface area contributed by atoms with E-state index in [1.807, 2.05) is 24.3 Å². The van der Waals surface area contributed by atoms with Gasteiger partial charge in [-0.25, -0.2) is 0 Å². The van der Waals surface area contributed by atoms with E-state index < -0.39 is 6.10 Å². The fraction of sp³-hybridized carbons (Fsp3) is 0.294. The Balaban J connectivity index is 2.46. The Morgan fingerprint density at radius 1 is 0.778 bits per heavy atom. The summed E-state index contributed by atoms with van der Waals surface area (Å²) in [6.45, 7) is 8.26. The van der Waals surface area contributed by atoms with Crippen LogP contribution in [0.15, 0.2) is 36.4 Å². The average Bonchev–Trinajstić information content (AvgIpc) is 2.28. The lowest BCUT2D eigenvalue weighted by atomic mass is 9.92. The minimum absolute atomic E-state index is 0.536. The van der Waals surface area contributed by atoms with Crippen molar-refractivity contribution in [2.75, 3.05) is 0 Å². The Kier molecular flexibility index (Phi) is 3.53. The molecule has 0 radical (unpaired) electrons. The van der Waals surface area contributed by atoms with Crippen molar-refractivity contribution in [3.8, 4) is 0 Å². The van der Waals surface area contributed by atoms with Gasteiger partial charge in [0.1, 0.15) is 6.10 Å². The van der Waals surface area contributed by atoms with Gasteiger partial charge in [-0.1, -0.05) is 47.5 Å². The molecule has 94 valence electrons. The fourth-order valence-electron chi connectivity index (χ4n) is 2.54. The summed E-state index contributed by atoms with van der Waals surface area (Å²) in [4.78, 5) is 0. The molecule has 1 unspecified atom stereocenters. The van der Waals surface area contributed by atoms with Gasteiger partial charge in [-0.3, -0.25) is 0 Å². The van der Waals surface area contributed by atoms with Crippen LogP contribution in [0.4, 0.5) is 0 Å². The van der Waals surface area contributed by atoms with Crippen molar-refractivity contribution in [1.29, 1.82) is 0 Å². The summed E-state index contributed by atoms with van der Waals surface area (Å²) in [6, 6.07) is 12.3. The van der Waals surface area contributed by atoms with Crippen LogP contribution in [-0.4, -0.2) is 5.11 Å². The molecule has 0 saturated heterocycles. The SMILES string of the molecule is Cc1ccc(C(O)c2c(C)cc(C)cc2C)cc1. The van der Waals surface area contributed by atoms with Crippen molar-refractivity contribution in [1.82, 2.24) is 0 Å². The molecule has 0 amide bonds. The largest absolute Gasteiger partial charge is 0.384 e. The van der Waals surface area contributed by atoms with Crippen LogP contribution in [-0.2, 0) is 0 Å². The molecule has 0 aromatic heterocycles. The van der Waals surface area contributed by atoms with E-state index in [1.54, 1.807) is 0 Å². The lowest BCUT2D eigenvalue weighted by Gasteiger charge is -2.18. The van der Waals surface area contributed by atoms with E-state index in [0.717, 1.165) is 22.3 Å². The van der Waals surface area contributed by atoms with Gasteiger partial charge in [0.25, 0.3) is 0 Å². The molecule has 2 rings (SSSR count). The summed E-state index contributed by atoms with van der Waals surface area (Å²) in [6.07, 6.45) is -0.536. The molecule has 0 aliphatic rings. The number of rotatable bonds is 2. The molecule has 1 nitrogen and oxygen atoms in total. The molecule has 0 saturated carbocycles. The molecule has 1 atom stereocenters. The van der Waals surface area contributed by atoms with Gasteiger partial charge >= 0.3 is 0 Å². The van der Waals surface area contributed by atoms with Gasteiger partial charge in [0.15, 0.2) is 0 Å². The first-order chi connectivity index (χ1) is 8.49. The van der Waals surface area contributed by atoms with E-state index >= 15 is 0 Å². The van der Waals surface area contributed by atoms with Crippen LogP contribution < -0.4 is 0 Å². The van der Waals surface area contributed by atoms with Crippen molar-refractivity contribution in [2.45, 2.75) is 33.8 Å². The number of aryl methyl sites for hydroxylation is 4. The summed E-state index contributed by atoms with van der Waals surface area (Å²) in [7, 11) is 0. The second-order valence-electron chi connectivity index (χ2n) is 5.13. The van der Waals surface area contributed by atoms with E-state index in [0.29, 0.717) is 0 Å². The highest BCUT2D eigenvalue weighted by Gasteiger charge is 2.15. The molecule has 0 fully saturated rings. The van der Waals surface area contributed by atoms with E-state index in [4.69, 9.17) is 0 Å². The number of benzene rings is 2. The van der Waals surface area contributed by atoms with Crippen LogP contribution in [0.2, 0.25) is 0 Å². The molecule has 0 aliphatic heterocycles. The van der Waals surface area contributed by atoms with Gasteiger partial charge in [-0.2, -0.15) is 0 Å². The van der Waals surface area contributed by atoms with E-state index in [9.17, 15) is 5.11 Å². The molecule has 1 N–H and O–H groups in total. The zero-order valence-electron chi connectivity index (χ0n) is 11.5. The Hall–Kier alpha value is -1.60. The molecule has 0 aliphatic carbocycles. The second kappa shape index (κ2) is 4.95. The van der Waals surface area contributed by atoms with Crippen molar-refractivity contribution < 1.29 is 5.11 Å². The third-order valence-corrected chi connectivity index (χ3v) is 3.40. The van der Waals surface area contributed by atoms with Gasteiger partial charge in [-0.15, -0.1) is 0 Å². The quantitative estimate of drug-likeness (QED) is 0.841. The van der Waals surface area contributed by atoms with Crippen molar-refractivity contribution in [3.05, 3.63) is 69.8 Å². The molecule has 0 bridgehead atoms. The minimum atomic E-state index is -0.536. The second-order valence-corrected chi connectivity index (χ2v) is 5.13. The summed E-state index contributed by atoms with van der Waals surface area (Å²) in [5.74, 6) is 0. The maximum Gasteiger partial charge on any atom is 0.105 e. The highest BCUT2D eigenvalue weighted by molar-refractivity contribution is 5.43. The van der Waals surface area contributed by atoms with Crippen LogP contribution in [0.1, 0.15) is 39.5 Å². The predicted octanol–water partition coefficient (Wildman–Crippen LogP) is 4.00. The van der Waals surface area contributed by atoms with E-state index in [2.05, 4.69) is 39.8 Å². The summed E-state index contributed by atoms with van der Waals surface area (Å²) >= 11 is 0. The monoisotopic (exact) mass is 240 g/mol. The first-order valence-corrected chi connectivity index (χ1v) is 6.31. The highest BCUT2D eigenvalue weighted by atomic mass is 16.3. The fourth-order valence-corrected chi connectivity index (χ4v) is 2.54. The number of aliphatic hydroxyl groups excluding tert-OH is 1. The molecule has 0 heterocycles. The molecular weight excluding hydrogens is 220 g/mol. The topological polar surface area (TPSA) is 20.2 Å². The van der Waals surface area contributed by atoms with Gasteiger partial charge in [0.05, 0.1) is 0 Å². The van der Waals surface area contributed by atoms with Gasteiger partial charge < -0.3 is 5.11 Å². The summed E-state index contributed by atoms with van der Waals surface area (Å²) in [5.41, 5.74) is 6.74. The Bertz CT molecular complexity index is 529. The van der Waals surface area contributed by atoms with E-state index in [1.165, 1.54) is 11.1 Å². The Labute approximate surface area is 109 Å². The van der Waals surface area contributed by atoms with Gasteiger partial charge in [0, 0.05) is 0 Å². The number of hydrogen-bond acceptors (Lipinski definition) is 1. The minimum Gasteiger partial charge on any atom is -0.384 e. The van der Waals surface area contributed by atoms with Crippen LogP contribution in [0.25, 0.3) is 0 Å². The molecule has 2 aromatic carbocycles. The molecule has 18 heavy (non-hydrogen) atoms. The van der Waals surface area contributed by atoms with Crippen molar-refractivity contribution in [2.24, 2.45) is 0 Å². The van der Waals surface area contributed by atoms with Crippen molar-refractivity contribution in [3.63, 3.8) is 0 Å². The standard InChI is InChI=1S/C17H20O/c1-11-5-7-15(8-6-11)17(18)16-13(3)9-12(2)10-14(16)4/h5-10,17-18H,1-4H3. The summed E-state index contributed by atoms with van der Waals surface area (Å²) in [5, 5.41) is 10.5. The summed E-state index contributed by atoms with van der Waals surface area (Å²) < 4.78 is 0. The highest BCUT2D eigenvalue weighted by Crippen LogP contribution is 2.28. The number of aliphatic hydroxyl groups is 1. The lowest BCUT2D eigenvalue weighted by molar-refractivity contribution is 0.219. The third-order valence-electron chi connectivity index (χ3n) is 3.40. The number of hydrogen-bond donors (Lipinski definition) is 1. The normalized spacial score (nSPS) is 12.5. The maximum absolute atomic E-state index is 10.5. The third kappa shape index (κ3) is 2.46.